The molecule has 2 amide bonds. The molecule has 0 bridgehead atoms. The van der Waals surface area contributed by atoms with Crippen LogP contribution in [0, 0.1) is 5.82 Å². The number of carboxylic acids is 1. The van der Waals surface area contributed by atoms with Crippen molar-refractivity contribution in [3.63, 3.8) is 0 Å². The normalized spacial score (nSPS) is 19.9. The fraction of sp³-hybridized carbons (Fsp3) is 0.421. The third kappa shape index (κ3) is 2.96. The van der Waals surface area contributed by atoms with Gasteiger partial charge in [0, 0.05) is 43.3 Å². The fourth-order valence-corrected chi connectivity index (χ4v) is 3.90. The molecule has 3 N–H and O–H groups in total. The number of hydrogen-bond acceptors (Lipinski definition) is 4. The highest BCUT2D eigenvalue weighted by Crippen LogP contribution is 2.38. The summed E-state index contributed by atoms with van der Waals surface area (Å²) >= 11 is 0. The highest BCUT2D eigenvalue weighted by Gasteiger charge is 2.30. The zero-order chi connectivity index (χ0) is 20.2. The lowest BCUT2D eigenvalue weighted by Crippen LogP contribution is -2.55. The molecule has 4 rings (SSSR count). The van der Waals surface area contributed by atoms with Crippen LogP contribution < -0.4 is 16.1 Å². The Kier molecular flexibility index (Phi) is 4.24. The number of benzene rings is 1. The monoisotopic (exact) mass is 388 g/mol. The molecule has 1 unspecified atom stereocenters. The number of nitrogens with two attached hydrogens (primary N) is 1. The number of aromatic nitrogens is 1. The maximum absolute atomic E-state index is 15.0. The number of halogens is 1. The molecule has 0 radical (unpaired) electrons. The first-order valence-corrected chi connectivity index (χ1v) is 9.20. The number of rotatable bonds is 3. The zero-order valence-corrected chi connectivity index (χ0v) is 15.4. The SMILES string of the molecule is CC1CN(C(N)=O)CCN1c1cc2c(cc1F)c(=O)c(C(=O)O)cn2C1CC1. The Bertz CT molecular complexity index is 1050. The van der Waals surface area contributed by atoms with E-state index in [0.29, 0.717) is 30.8 Å². The Balaban J connectivity index is 1.83. The minimum absolute atomic E-state index is 0.0662. The maximum Gasteiger partial charge on any atom is 0.341 e. The molecule has 8 nitrogen and oxygen atoms in total. The molecular weight excluding hydrogens is 367 g/mol. The molecule has 1 aliphatic heterocycles. The molecular formula is C19H21FN4O4. The Morgan fingerprint density at radius 1 is 1.25 bits per heavy atom. The van der Waals surface area contributed by atoms with Crippen molar-refractivity contribution in [2.45, 2.75) is 31.8 Å². The lowest BCUT2D eigenvalue weighted by Gasteiger charge is -2.40. The highest BCUT2D eigenvalue weighted by molar-refractivity contribution is 5.93. The quantitative estimate of drug-likeness (QED) is 0.833. The van der Waals surface area contributed by atoms with Gasteiger partial charge in [-0.2, -0.15) is 0 Å². The first-order valence-electron chi connectivity index (χ1n) is 9.20. The van der Waals surface area contributed by atoms with E-state index in [-0.39, 0.29) is 23.0 Å². The summed E-state index contributed by atoms with van der Waals surface area (Å²) in [5, 5.41) is 9.39. The van der Waals surface area contributed by atoms with Crippen LogP contribution in [0.25, 0.3) is 10.9 Å². The van der Waals surface area contributed by atoms with Crippen molar-refractivity contribution in [1.82, 2.24) is 9.47 Å². The van der Waals surface area contributed by atoms with Gasteiger partial charge < -0.3 is 25.2 Å². The van der Waals surface area contributed by atoms with Gasteiger partial charge in [0.25, 0.3) is 0 Å². The predicted molar refractivity (Wildman–Crippen MR) is 101 cm³/mol. The number of pyridine rings is 1. The second-order valence-electron chi connectivity index (χ2n) is 7.46. The van der Waals surface area contributed by atoms with E-state index in [2.05, 4.69) is 0 Å². The molecule has 28 heavy (non-hydrogen) atoms. The average Bonchev–Trinajstić information content (AvgIpc) is 3.47. The standard InChI is InChI=1S/C19H21FN4O4/c1-10-8-22(19(21)28)4-5-23(10)16-7-15-12(6-14(16)20)17(25)13(18(26)27)9-24(15)11-2-3-11/h6-7,9-11H,2-5,8H2,1H3,(H2,21,28)(H,26,27). The highest BCUT2D eigenvalue weighted by atomic mass is 19.1. The van der Waals surface area contributed by atoms with Gasteiger partial charge in [-0.3, -0.25) is 4.79 Å². The Hall–Kier alpha value is -3.10. The van der Waals surface area contributed by atoms with Crippen LogP contribution in [0.3, 0.4) is 0 Å². The van der Waals surface area contributed by atoms with E-state index in [4.69, 9.17) is 5.73 Å². The second-order valence-corrected chi connectivity index (χ2v) is 7.46. The Morgan fingerprint density at radius 3 is 2.54 bits per heavy atom. The number of primary amides is 1. The smallest absolute Gasteiger partial charge is 0.341 e. The van der Waals surface area contributed by atoms with E-state index in [1.165, 1.54) is 11.1 Å². The first kappa shape index (κ1) is 18.3. The summed E-state index contributed by atoms with van der Waals surface area (Å²) < 4.78 is 16.7. The van der Waals surface area contributed by atoms with Gasteiger partial charge in [-0.05, 0) is 31.9 Å². The summed E-state index contributed by atoms with van der Waals surface area (Å²) in [5.74, 6) is -1.91. The number of carbonyl (C=O) groups excluding carboxylic acids is 1. The van der Waals surface area contributed by atoms with Crippen LogP contribution in [-0.2, 0) is 0 Å². The average molecular weight is 388 g/mol. The van der Waals surface area contributed by atoms with Crippen LogP contribution in [0.15, 0.2) is 23.1 Å². The fourth-order valence-electron chi connectivity index (χ4n) is 3.90. The number of fused-ring (bicyclic) bond motifs is 1. The third-order valence-corrected chi connectivity index (χ3v) is 5.52. The number of urea groups is 1. The van der Waals surface area contributed by atoms with Crippen molar-refractivity contribution >= 4 is 28.6 Å². The number of carboxylic acid groups (broad SMARTS) is 1. The number of aromatic carboxylic acids is 1. The molecule has 2 fully saturated rings. The summed E-state index contributed by atoms with van der Waals surface area (Å²) in [7, 11) is 0. The Labute approximate surface area is 159 Å². The number of carbonyl (C=O) groups is 2. The van der Waals surface area contributed by atoms with Crippen molar-refractivity contribution in [2.75, 3.05) is 24.5 Å². The predicted octanol–water partition coefficient (Wildman–Crippen LogP) is 1.76. The minimum atomic E-state index is -1.32. The molecule has 1 aromatic heterocycles. The van der Waals surface area contributed by atoms with Crippen LogP contribution in [0.2, 0.25) is 0 Å². The van der Waals surface area contributed by atoms with Crippen LogP contribution in [0.4, 0.5) is 14.9 Å². The van der Waals surface area contributed by atoms with E-state index in [1.807, 2.05) is 11.8 Å². The van der Waals surface area contributed by atoms with Crippen molar-refractivity contribution in [2.24, 2.45) is 5.73 Å². The number of anilines is 1. The molecule has 1 atom stereocenters. The Morgan fingerprint density at radius 2 is 1.96 bits per heavy atom. The van der Waals surface area contributed by atoms with Gasteiger partial charge in [0.15, 0.2) is 0 Å². The molecule has 0 spiro atoms. The lowest BCUT2D eigenvalue weighted by atomic mass is 10.1. The lowest BCUT2D eigenvalue weighted by molar-refractivity contribution is 0.0694. The van der Waals surface area contributed by atoms with Crippen molar-refractivity contribution in [1.29, 1.82) is 0 Å². The van der Waals surface area contributed by atoms with E-state index in [0.717, 1.165) is 18.9 Å². The largest absolute Gasteiger partial charge is 0.477 e. The third-order valence-electron chi connectivity index (χ3n) is 5.52. The molecule has 148 valence electrons. The van der Waals surface area contributed by atoms with E-state index in [9.17, 15) is 23.9 Å². The van der Waals surface area contributed by atoms with Gasteiger partial charge >= 0.3 is 12.0 Å². The second kappa shape index (κ2) is 6.50. The molecule has 2 aliphatic rings. The number of piperazine rings is 1. The molecule has 1 aliphatic carbocycles. The summed E-state index contributed by atoms with van der Waals surface area (Å²) in [5.41, 5.74) is 5.17. The van der Waals surface area contributed by atoms with Gasteiger partial charge in [0.05, 0.1) is 11.2 Å². The van der Waals surface area contributed by atoms with Crippen LogP contribution in [-0.4, -0.2) is 52.3 Å². The van der Waals surface area contributed by atoms with Gasteiger partial charge in [0.2, 0.25) is 5.43 Å². The molecule has 2 heterocycles. The van der Waals surface area contributed by atoms with Gasteiger partial charge in [-0.15, -0.1) is 0 Å². The summed E-state index contributed by atoms with van der Waals surface area (Å²) in [6.07, 6.45) is 3.13. The van der Waals surface area contributed by atoms with Gasteiger partial charge in [0.1, 0.15) is 11.4 Å². The molecule has 1 saturated carbocycles. The summed E-state index contributed by atoms with van der Waals surface area (Å²) in [6.45, 7) is 3.04. The minimum Gasteiger partial charge on any atom is -0.477 e. The van der Waals surface area contributed by atoms with Crippen molar-refractivity contribution < 1.29 is 19.1 Å². The van der Waals surface area contributed by atoms with Crippen molar-refractivity contribution in [3.8, 4) is 0 Å². The van der Waals surface area contributed by atoms with Crippen LogP contribution in [0.5, 0.6) is 0 Å². The number of hydrogen-bond donors (Lipinski definition) is 2. The van der Waals surface area contributed by atoms with E-state index in [1.54, 1.807) is 10.6 Å². The summed E-state index contributed by atoms with van der Waals surface area (Å²) in [4.78, 5) is 38.8. The number of nitrogens with zero attached hydrogens (tertiary/aromatic N) is 3. The molecule has 9 heteroatoms. The topological polar surface area (TPSA) is 109 Å². The summed E-state index contributed by atoms with van der Waals surface area (Å²) in [6, 6.07) is 2.20. The zero-order valence-electron chi connectivity index (χ0n) is 15.4. The van der Waals surface area contributed by atoms with E-state index < -0.39 is 23.2 Å². The number of amides is 2. The van der Waals surface area contributed by atoms with Crippen LogP contribution in [0.1, 0.15) is 36.2 Å². The van der Waals surface area contributed by atoms with E-state index >= 15 is 0 Å². The van der Waals surface area contributed by atoms with Crippen molar-refractivity contribution in [3.05, 3.63) is 39.9 Å². The van der Waals surface area contributed by atoms with Gasteiger partial charge in [-0.1, -0.05) is 0 Å². The molecule has 1 saturated heterocycles. The van der Waals surface area contributed by atoms with Gasteiger partial charge in [-0.25, -0.2) is 14.0 Å². The van der Waals surface area contributed by atoms with Crippen LogP contribution >= 0.6 is 0 Å². The first-order chi connectivity index (χ1) is 13.3. The molecule has 1 aromatic carbocycles. The molecule has 2 aromatic rings. The maximum atomic E-state index is 15.0.